The fourth-order valence-corrected chi connectivity index (χ4v) is 4.06. The summed E-state index contributed by atoms with van der Waals surface area (Å²) in [6.07, 6.45) is -1.92. The number of hydrogen-bond acceptors (Lipinski definition) is 5. The maximum absolute atomic E-state index is 13.1. The topological polar surface area (TPSA) is 79.6 Å². The van der Waals surface area contributed by atoms with Crippen molar-refractivity contribution in [3.63, 3.8) is 0 Å². The third-order valence-electron chi connectivity index (χ3n) is 5.57. The molecular weight excluding hydrogens is 423 g/mol. The minimum Gasteiger partial charge on any atom is -0.324 e. The molecule has 1 aliphatic rings. The number of aromatic nitrogens is 3. The van der Waals surface area contributed by atoms with Crippen LogP contribution in [-0.4, -0.2) is 50.8 Å². The Morgan fingerprint density at radius 3 is 2.69 bits per heavy atom. The summed E-state index contributed by atoms with van der Waals surface area (Å²) in [4.78, 5) is 26.3. The van der Waals surface area contributed by atoms with Crippen molar-refractivity contribution >= 4 is 23.0 Å². The quantitative estimate of drug-likeness (QED) is 0.605. The number of anilines is 1. The van der Waals surface area contributed by atoms with Crippen LogP contribution in [0.4, 0.5) is 18.9 Å². The van der Waals surface area contributed by atoms with Gasteiger partial charge in [0.25, 0.3) is 0 Å². The summed E-state index contributed by atoms with van der Waals surface area (Å²) < 4.78 is 40.8. The molecule has 10 heteroatoms. The largest absolute Gasteiger partial charge is 0.417 e. The Morgan fingerprint density at radius 2 is 1.94 bits per heavy atom. The second kappa shape index (κ2) is 8.70. The van der Waals surface area contributed by atoms with Crippen molar-refractivity contribution in [3.8, 4) is 0 Å². The van der Waals surface area contributed by atoms with Crippen molar-refractivity contribution in [3.05, 3.63) is 59.5 Å². The van der Waals surface area contributed by atoms with Gasteiger partial charge < -0.3 is 5.32 Å². The van der Waals surface area contributed by atoms with Crippen LogP contribution in [0.25, 0.3) is 5.65 Å². The molecule has 1 N–H and O–H groups in total. The molecule has 7 nitrogen and oxygen atoms in total. The van der Waals surface area contributed by atoms with E-state index >= 15 is 0 Å². The molecular formula is C22H22F3N5O2. The van der Waals surface area contributed by atoms with Crippen molar-refractivity contribution < 1.29 is 22.8 Å². The van der Waals surface area contributed by atoms with E-state index < -0.39 is 11.7 Å². The van der Waals surface area contributed by atoms with Gasteiger partial charge >= 0.3 is 6.18 Å². The lowest BCUT2D eigenvalue weighted by Gasteiger charge is -2.31. The zero-order valence-corrected chi connectivity index (χ0v) is 17.4. The lowest BCUT2D eigenvalue weighted by Crippen LogP contribution is -2.40. The number of halogens is 3. The number of nitrogens with zero attached hydrogens (tertiary/aromatic N) is 4. The number of benzene rings is 1. The lowest BCUT2D eigenvalue weighted by atomic mass is 9.97. The van der Waals surface area contributed by atoms with E-state index in [0.29, 0.717) is 35.8 Å². The predicted molar refractivity (Wildman–Crippen MR) is 111 cm³/mol. The molecule has 0 radical (unpaired) electrons. The Kier molecular flexibility index (Phi) is 5.96. The molecule has 1 saturated heterocycles. The molecule has 1 atom stereocenters. The third-order valence-corrected chi connectivity index (χ3v) is 5.57. The second-order valence-electron chi connectivity index (χ2n) is 7.93. The summed E-state index contributed by atoms with van der Waals surface area (Å²) in [6.45, 7) is 2.70. The van der Waals surface area contributed by atoms with Crippen LogP contribution < -0.4 is 5.32 Å². The van der Waals surface area contributed by atoms with Crippen molar-refractivity contribution in [1.29, 1.82) is 0 Å². The summed E-state index contributed by atoms with van der Waals surface area (Å²) in [5.74, 6) is -0.0988. The number of ketones is 1. The second-order valence-corrected chi connectivity index (χ2v) is 7.93. The van der Waals surface area contributed by atoms with E-state index in [0.717, 1.165) is 25.1 Å². The SMILES string of the molecule is CC(=O)c1ccccc1NC(=O)CN1CCC[C@@H](c2nnc3ccc(C(F)(F)F)cn23)C1. The van der Waals surface area contributed by atoms with E-state index in [9.17, 15) is 22.8 Å². The number of para-hydroxylation sites is 1. The van der Waals surface area contributed by atoms with Gasteiger partial charge in [-0.2, -0.15) is 13.2 Å². The average Bonchev–Trinajstić information content (AvgIpc) is 3.17. The molecule has 1 amide bonds. The molecule has 32 heavy (non-hydrogen) atoms. The van der Waals surface area contributed by atoms with Gasteiger partial charge in [0, 0.05) is 24.2 Å². The zero-order valence-electron chi connectivity index (χ0n) is 17.4. The summed E-state index contributed by atoms with van der Waals surface area (Å²) >= 11 is 0. The summed E-state index contributed by atoms with van der Waals surface area (Å²) in [5.41, 5.74) is 0.486. The van der Waals surface area contributed by atoms with Crippen LogP contribution in [0, 0.1) is 0 Å². The van der Waals surface area contributed by atoms with Crippen LogP contribution in [0.2, 0.25) is 0 Å². The van der Waals surface area contributed by atoms with Gasteiger partial charge in [-0.05, 0) is 50.6 Å². The van der Waals surface area contributed by atoms with Gasteiger partial charge in [0.05, 0.1) is 17.8 Å². The highest BCUT2D eigenvalue weighted by molar-refractivity contribution is 6.04. The van der Waals surface area contributed by atoms with Crippen LogP contribution >= 0.6 is 0 Å². The monoisotopic (exact) mass is 445 g/mol. The Labute approximate surface area is 182 Å². The van der Waals surface area contributed by atoms with Gasteiger partial charge in [-0.15, -0.1) is 10.2 Å². The number of alkyl halides is 3. The maximum atomic E-state index is 13.1. The number of carbonyl (C=O) groups is 2. The number of piperidine rings is 1. The van der Waals surface area contributed by atoms with Crippen molar-refractivity contribution in [2.75, 3.05) is 25.0 Å². The van der Waals surface area contributed by atoms with E-state index in [1.807, 2.05) is 4.90 Å². The first-order valence-corrected chi connectivity index (χ1v) is 10.3. The van der Waals surface area contributed by atoms with Crippen LogP contribution in [-0.2, 0) is 11.0 Å². The number of likely N-dealkylation sites (tertiary alicyclic amines) is 1. The number of amides is 1. The minimum absolute atomic E-state index is 0.104. The van der Waals surface area contributed by atoms with E-state index in [1.165, 1.54) is 17.4 Å². The average molecular weight is 445 g/mol. The zero-order chi connectivity index (χ0) is 22.9. The Bertz CT molecular complexity index is 1160. The number of pyridine rings is 1. The van der Waals surface area contributed by atoms with E-state index in [-0.39, 0.29) is 24.2 Å². The Balaban J connectivity index is 1.47. The van der Waals surface area contributed by atoms with Crippen molar-refractivity contribution in [1.82, 2.24) is 19.5 Å². The van der Waals surface area contributed by atoms with Gasteiger partial charge in [-0.25, -0.2) is 0 Å². The van der Waals surface area contributed by atoms with Crippen LogP contribution in [0.5, 0.6) is 0 Å². The highest BCUT2D eigenvalue weighted by Gasteiger charge is 2.32. The maximum Gasteiger partial charge on any atom is 0.417 e. The number of fused-ring (bicyclic) bond motifs is 1. The van der Waals surface area contributed by atoms with Gasteiger partial charge in [0.1, 0.15) is 5.82 Å². The van der Waals surface area contributed by atoms with Crippen LogP contribution in [0.15, 0.2) is 42.6 Å². The first-order valence-electron chi connectivity index (χ1n) is 10.3. The molecule has 0 unspecified atom stereocenters. The minimum atomic E-state index is -4.46. The first-order chi connectivity index (χ1) is 15.2. The van der Waals surface area contributed by atoms with E-state index in [2.05, 4.69) is 15.5 Å². The van der Waals surface area contributed by atoms with Gasteiger partial charge in [-0.3, -0.25) is 18.9 Å². The molecule has 3 aromatic rings. The Morgan fingerprint density at radius 1 is 1.16 bits per heavy atom. The molecule has 3 heterocycles. The fourth-order valence-electron chi connectivity index (χ4n) is 4.06. The van der Waals surface area contributed by atoms with Crippen molar-refractivity contribution in [2.24, 2.45) is 0 Å². The molecule has 1 aromatic carbocycles. The number of rotatable bonds is 5. The molecule has 1 fully saturated rings. The molecule has 0 bridgehead atoms. The molecule has 168 valence electrons. The molecule has 4 rings (SSSR count). The summed E-state index contributed by atoms with van der Waals surface area (Å²) in [6, 6.07) is 9.10. The number of nitrogens with one attached hydrogen (secondary N) is 1. The molecule has 0 saturated carbocycles. The smallest absolute Gasteiger partial charge is 0.324 e. The van der Waals surface area contributed by atoms with Gasteiger partial charge in [-0.1, -0.05) is 12.1 Å². The van der Waals surface area contributed by atoms with Crippen molar-refractivity contribution in [2.45, 2.75) is 31.9 Å². The normalized spacial score (nSPS) is 17.4. The van der Waals surface area contributed by atoms with E-state index in [1.54, 1.807) is 24.3 Å². The standard InChI is InChI=1S/C22H22F3N5O2/c1-14(31)17-6-2-3-7-18(17)26-20(32)13-29-10-4-5-15(11-29)21-28-27-19-9-8-16(12-30(19)21)22(23,24)25/h2-3,6-9,12,15H,4-5,10-11,13H2,1H3,(H,26,32)/t15-/m1/s1. The fraction of sp³-hybridized carbons (Fsp3) is 0.364. The predicted octanol–water partition coefficient (Wildman–Crippen LogP) is 3.77. The van der Waals surface area contributed by atoms with Gasteiger partial charge in [0.15, 0.2) is 11.4 Å². The first kappa shape index (κ1) is 21.9. The number of hydrogen-bond donors (Lipinski definition) is 1. The van der Waals surface area contributed by atoms with Crippen LogP contribution in [0.3, 0.4) is 0 Å². The highest BCUT2D eigenvalue weighted by atomic mass is 19.4. The molecule has 0 spiro atoms. The van der Waals surface area contributed by atoms with Crippen LogP contribution in [0.1, 0.15) is 47.4 Å². The lowest BCUT2D eigenvalue weighted by molar-refractivity contribution is -0.137. The van der Waals surface area contributed by atoms with Gasteiger partial charge in [0.2, 0.25) is 5.91 Å². The molecule has 2 aromatic heterocycles. The molecule has 0 aliphatic carbocycles. The summed E-state index contributed by atoms with van der Waals surface area (Å²) in [7, 11) is 0. The summed E-state index contributed by atoms with van der Waals surface area (Å²) in [5, 5.41) is 10.9. The highest BCUT2D eigenvalue weighted by Crippen LogP contribution is 2.31. The molecule has 1 aliphatic heterocycles. The third kappa shape index (κ3) is 4.64. The Hall–Kier alpha value is -3.27. The number of carbonyl (C=O) groups excluding carboxylic acids is 2. The van der Waals surface area contributed by atoms with E-state index in [4.69, 9.17) is 0 Å². The number of Topliss-reactive ketones (excluding diaryl/α,β-unsaturated/α-hetero) is 1.